The van der Waals surface area contributed by atoms with Gasteiger partial charge in [-0.3, -0.25) is 0 Å². The van der Waals surface area contributed by atoms with E-state index in [0.717, 1.165) is 19.4 Å². The van der Waals surface area contributed by atoms with Crippen LogP contribution in [0.3, 0.4) is 0 Å². The number of hydrogen-bond acceptors (Lipinski definition) is 2. The first-order valence-corrected chi connectivity index (χ1v) is 6.77. The zero-order valence-corrected chi connectivity index (χ0v) is 10.5. The minimum absolute atomic E-state index is 0.393. The van der Waals surface area contributed by atoms with Gasteiger partial charge in [-0.15, -0.1) is 0 Å². The standard InChI is InChI=1S/C13H30N2/c1-2-3-4-5-6-7-8-10-13(15)11-9-12-14/h13H,2-12,14-15H2,1H3. The van der Waals surface area contributed by atoms with Gasteiger partial charge in [-0.1, -0.05) is 51.9 Å². The fourth-order valence-electron chi connectivity index (χ4n) is 1.89. The molecule has 15 heavy (non-hydrogen) atoms. The van der Waals surface area contributed by atoms with E-state index in [9.17, 15) is 0 Å². The normalized spacial score (nSPS) is 13.0. The number of nitrogens with two attached hydrogens (primary N) is 2. The van der Waals surface area contributed by atoms with Crippen LogP contribution in [0.25, 0.3) is 0 Å². The zero-order valence-electron chi connectivity index (χ0n) is 10.5. The van der Waals surface area contributed by atoms with E-state index in [4.69, 9.17) is 11.5 Å². The van der Waals surface area contributed by atoms with Crippen LogP contribution in [0.2, 0.25) is 0 Å². The lowest BCUT2D eigenvalue weighted by Crippen LogP contribution is -2.20. The number of hydrogen-bond donors (Lipinski definition) is 2. The Balaban J connectivity index is 3.02. The molecule has 0 spiro atoms. The highest BCUT2D eigenvalue weighted by Crippen LogP contribution is 2.10. The molecule has 0 aliphatic heterocycles. The van der Waals surface area contributed by atoms with E-state index in [-0.39, 0.29) is 0 Å². The largest absolute Gasteiger partial charge is 0.330 e. The molecule has 0 aromatic rings. The summed E-state index contributed by atoms with van der Waals surface area (Å²) < 4.78 is 0. The Hall–Kier alpha value is -0.0800. The van der Waals surface area contributed by atoms with Crippen LogP contribution in [-0.2, 0) is 0 Å². The average Bonchev–Trinajstić information content (AvgIpc) is 2.25. The van der Waals surface area contributed by atoms with E-state index in [1.807, 2.05) is 0 Å². The maximum Gasteiger partial charge on any atom is 0.00392 e. The molecule has 0 aliphatic carbocycles. The lowest BCUT2D eigenvalue weighted by molar-refractivity contribution is 0.501. The second-order valence-corrected chi connectivity index (χ2v) is 4.60. The Labute approximate surface area is 95.8 Å². The molecular formula is C13H30N2. The molecule has 2 heteroatoms. The van der Waals surface area contributed by atoms with Crippen LogP contribution < -0.4 is 11.5 Å². The average molecular weight is 214 g/mol. The minimum Gasteiger partial charge on any atom is -0.330 e. The van der Waals surface area contributed by atoms with Crippen molar-refractivity contribution in [2.75, 3.05) is 6.54 Å². The van der Waals surface area contributed by atoms with Gasteiger partial charge in [0.1, 0.15) is 0 Å². The van der Waals surface area contributed by atoms with Crippen LogP contribution in [-0.4, -0.2) is 12.6 Å². The molecule has 1 unspecified atom stereocenters. The molecule has 0 heterocycles. The molecule has 0 aliphatic rings. The van der Waals surface area contributed by atoms with Gasteiger partial charge in [0.15, 0.2) is 0 Å². The third-order valence-corrected chi connectivity index (χ3v) is 2.96. The predicted octanol–water partition coefficient (Wildman–Crippen LogP) is 3.19. The summed E-state index contributed by atoms with van der Waals surface area (Å²) in [7, 11) is 0. The van der Waals surface area contributed by atoms with Gasteiger partial charge in [-0.2, -0.15) is 0 Å². The fraction of sp³-hybridized carbons (Fsp3) is 1.00. The Morgan fingerprint density at radius 1 is 0.800 bits per heavy atom. The molecular weight excluding hydrogens is 184 g/mol. The summed E-state index contributed by atoms with van der Waals surface area (Å²) in [5, 5.41) is 0. The van der Waals surface area contributed by atoms with Gasteiger partial charge < -0.3 is 11.5 Å². The summed E-state index contributed by atoms with van der Waals surface area (Å²) in [6.45, 7) is 3.04. The van der Waals surface area contributed by atoms with E-state index in [2.05, 4.69) is 6.92 Å². The summed E-state index contributed by atoms with van der Waals surface area (Å²) in [6, 6.07) is 0.393. The summed E-state index contributed by atoms with van der Waals surface area (Å²) in [4.78, 5) is 0. The van der Waals surface area contributed by atoms with Crippen molar-refractivity contribution < 1.29 is 0 Å². The first-order chi connectivity index (χ1) is 7.31. The van der Waals surface area contributed by atoms with Gasteiger partial charge in [0.25, 0.3) is 0 Å². The van der Waals surface area contributed by atoms with Gasteiger partial charge in [0.05, 0.1) is 0 Å². The molecule has 0 aromatic heterocycles. The van der Waals surface area contributed by atoms with Crippen molar-refractivity contribution in [2.24, 2.45) is 11.5 Å². The van der Waals surface area contributed by atoms with E-state index < -0.39 is 0 Å². The van der Waals surface area contributed by atoms with E-state index in [1.54, 1.807) is 0 Å². The first-order valence-electron chi connectivity index (χ1n) is 6.77. The van der Waals surface area contributed by atoms with Crippen LogP contribution in [0.1, 0.15) is 71.1 Å². The Kier molecular flexibility index (Phi) is 11.9. The molecule has 0 amide bonds. The lowest BCUT2D eigenvalue weighted by Gasteiger charge is -2.10. The van der Waals surface area contributed by atoms with Crippen molar-refractivity contribution >= 4 is 0 Å². The maximum atomic E-state index is 5.97. The highest BCUT2D eigenvalue weighted by atomic mass is 14.6. The summed E-state index contributed by atoms with van der Waals surface area (Å²) in [6.07, 6.45) is 13.0. The van der Waals surface area contributed by atoms with Gasteiger partial charge >= 0.3 is 0 Å². The van der Waals surface area contributed by atoms with Gasteiger partial charge in [0.2, 0.25) is 0 Å². The van der Waals surface area contributed by atoms with Crippen molar-refractivity contribution in [2.45, 2.75) is 77.2 Å². The van der Waals surface area contributed by atoms with E-state index in [0.29, 0.717) is 6.04 Å². The highest BCUT2D eigenvalue weighted by molar-refractivity contribution is 4.61. The van der Waals surface area contributed by atoms with Crippen LogP contribution in [0, 0.1) is 0 Å². The second-order valence-electron chi connectivity index (χ2n) is 4.60. The van der Waals surface area contributed by atoms with Crippen LogP contribution >= 0.6 is 0 Å². The molecule has 4 N–H and O–H groups in total. The van der Waals surface area contributed by atoms with Crippen LogP contribution in [0.4, 0.5) is 0 Å². The molecule has 92 valence electrons. The van der Waals surface area contributed by atoms with Crippen molar-refractivity contribution in [1.29, 1.82) is 0 Å². The highest BCUT2D eigenvalue weighted by Gasteiger charge is 2.00. The van der Waals surface area contributed by atoms with Crippen LogP contribution in [0.5, 0.6) is 0 Å². The Morgan fingerprint density at radius 3 is 1.93 bits per heavy atom. The molecule has 0 rings (SSSR count). The lowest BCUT2D eigenvalue weighted by atomic mass is 10.0. The van der Waals surface area contributed by atoms with Crippen molar-refractivity contribution in [1.82, 2.24) is 0 Å². The quantitative estimate of drug-likeness (QED) is 0.519. The molecule has 0 aromatic carbocycles. The Bertz CT molecular complexity index is 115. The van der Waals surface area contributed by atoms with Crippen molar-refractivity contribution in [3.05, 3.63) is 0 Å². The fourth-order valence-corrected chi connectivity index (χ4v) is 1.89. The summed E-state index contributed by atoms with van der Waals surface area (Å²) in [5.74, 6) is 0. The maximum absolute atomic E-state index is 5.97. The zero-order chi connectivity index (χ0) is 11.4. The van der Waals surface area contributed by atoms with E-state index >= 15 is 0 Å². The molecule has 0 fully saturated rings. The molecule has 0 saturated heterocycles. The summed E-state index contributed by atoms with van der Waals surface area (Å²) in [5.41, 5.74) is 11.4. The topological polar surface area (TPSA) is 52.0 Å². The SMILES string of the molecule is CCCCCCCCCC(N)CCCN. The van der Waals surface area contributed by atoms with E-state index in [1.165, 1.54) is 51.4 Å². The van der Waals surface area contributed by atoms with Crippen molar-refractivity contribution in [3.8, 4) is 0 Å². The second kappa shape index (κ2) is 12.0. The number of unbranched alkanes of at least 4 members (excludes halogenated alkanes) is 6. The molecule has 1 atom stereocenters. The molecule has 0 radical (unpaired) electrons. The Morgan fingerprint density at radius 2 is 1.33 bits per heavy atom. The van der Waals surface area contributed by atoms with Crippen LogP contribution in [0.15, 0.2) is 0 Å². The van der Waals surface area contributed by atoms with Gasteiger partial charge in [0, 0.05) is 6.04 Å². The summed E-state index contributed by atoms with van der Waals surface area (Å²) >= 11 is 0. The third-order valence-electron chi connectivity index (χ3n) is 2.96. The number of rotatable bonds is 11. The first kappa shape index (κ1) is 14.9. The minimum atomic E-state index is 0.393. The predicted molar refractivity (Wildman–Crippen MR) is 68.9 cm³/mol. The van der Waals surface area contributed by atoms with Crippen molar-refractivity contribution in [3.63, 3.8) is 0 Å². The molecule has 2 nitrogen and oxygen atoms in total. The molecule has 0 bridgehead atoms. The smallest absolute Gasteiger partial charge is 0.00392 e. The van der Waals surface area contributed by atoms with Gasteiger partial charge in [-0.25, -0.2) is 0 Å². The third kappa shape index (κ3) is 11.8. The van der Waals surface area contributed by atoms with Gasteiger partial charge in [-0.05, 0) is 25.8 Å². The molecule has 0 saturated carbocycles. The monoisotopic (exact) mass is 214 g/mol.